The van der Waals surface area contributed by atoms with Crippen LogP contribution in [0.4, 0.5) is 5.69 Å². The van der Waals surface area contributed by atoms with Crippen molar-refractivity contribution in [1.29, 1.82) is 0 Å². The van der Waals surface area contributed by atoms with Crippen LogP contribution in [-0.4, -0.2) is 17.0 Å². The lowest BCUT2D eigenvalue weighted by molar-refractivity contribution is -0.133. The molecule has 0 aliphatic rings. The van der Waals surface area contributed by atoms with Gasteiger partial charge in [0.05, 0.1) is 16.5 Å². The van der Waals surface area contributed by atoms with Crippen LogP contribution < -0.4 is 5.32 Å². The number of carbonyl (C=O) groups is 2. The molecule has 1 amide bonds. The summed E-state index contributed by atoms with van der Waals surface area (Å²) in [6, 6.07) is 4.58. The Hall–Kier alpha value is -1.52. The Kier molecular flexibility index (Phi) is 4.54. The van der Waals surface area contributed by atoms with E-state index in [2.05, 4.69) is 11.9 Å². The minimum atomic E-state index is -1.20. The highest BCUT2D eigenvalue weighted by Gasteiger charge is 2.10. The highest BCUT2D eigenvalue weighted by atomic mass is 35.5. The van der Waals surface area contributed by atoms with Crippen molar-refractivity contribution in [3.63, 3.8) is 0 Å². The monoisotopic (exact) mass is 273 g/mol. The molecule has 0 unspecified atom stereocenters. The van der Waals surface area contributed by atoms with Gasteiger partial charge in [-0.25, -0.2) is 4.79 Å². The van der Waals surface area contributed by atoms with Gasteiger partial charge >= 0.3 is 5.97 Å². The first kappa shape index (κ1) is 13.5. The van der Waals surface area contributed by atoms with E-state index in [9.17, 15) is 9.59 Å². The number of carboxylic acid groups (broad SMARTS) is 1. The number of aliphatic carboxylic acids is 1. The first-order chi connectivity index (χ1) is 7.90. The van der Waals surface area contributed by atoms with Crippen LogP contribution in [0.1, 0.15) is 6.42 Å². The molecule has 0 aromatic heterocycles. The number of rotatable bonds is 4. The average molecular weight is 274 g/mol. The number of halogens is 2. The fourth-order valence-electron chi connectivity index (χ4n) is 1.05. The maximum atomic E-state index is 11.4. The molecule has 4 nitrogen and oxygen atoms in total. The van der Waals surface area contributed by atoms with E-state index in [1.54, 1.807) is 6.07 Å². The fourth-order valence-corrected chi connectivity index (χ4v) is 1.35. The molecule has 0 radical (unpaired) electrons. The zero-order valence-electron chi connectivity index (χ0n) is 8.67. The summed E-state index contributed by atoms with van der Waals surface area (Å²) in [6.45, 7) is 3.26. The Morgan fingerprint density at radius 3 is 2.47 bits per heavy atom. The standard InChI is InChI=1S/C11H9Cl2NO3/c1-6(11(16)17)4-10(15)14-7-2-3-8(12)9(13)5-7/h2-3,5H,1,4H2,(H,14,15)(H,16,17). The number of benzene rings is 1. The molecule has 0 spiro atoms. The number of nitrogens with one attached hydrogen (secondary N) is 1. The minimum absolute atomic E-state index is 0.178. The Bertz CT molecular complexity index is 486. The fraction of sp³-hybridized carbons (Fsp3) is 0.0909. The lowest BCUT2D eigenvalue weighted by atomic mass is 10.2. The highest BCUT2D eigenvalue weighted by molar-refractivity contribution is 6.42. The molecule has 0 fully saturated rings. The van der Waals surface area contributed by atoms with Gasteiger partial charge in [-0.05, 0) is 18.2 Å². The summed E-state index contributed by atoms with van der Waals surface area (Å²) in [5.41, 5.74) is 0.269. The topological polar surface area (TPSA) is 66.4 Å². The van der Waals surface area contributed by atoms with Crippen molar-refractivity contribution in [2.24, 2.45) is 0 Å². The van der Waals surface area contributed by atoms with Crippen LogP contribution in [0.15, 0.2) is 30.4 Å². The highest BCUT2D eigenvalue weighted by Crippen LogP contribution is 2.25. The predicted octanol–water partition coefficient (Wildman–Crippen LogP) is 2.96. The zero-order chi connectivity index (χ0) is 13.0. The van der Waals surface area contributed by atoms with Crippen LogP contribution in [0.25, 0.3) is 0 Å². The van der Waals surface area contributed by atoms with Crippen LogP contribution in [0.2, 0.25) is 10.0 Å². The molecule has 90 valence electrons. The van der Waals surface area contributed by atoms with Gasteiger partial charge in [-0.3, -0.25) is 4.79 Å². The van der Waals surface area contributed by atoms with Gasteiger partial charge in [0.1, 0.15) is 0 Å². The van der Waals surface area contributed by atoms with E-state index in [0.29, 0.717) is 15.7 Å². The zero-order valence-corrected chi connectivity index (χ0v) is 10.2. The summed E-state index contributed by atoms with van der Waals surface area (Å²) in [6.07, 6.45) is -0.282. The first-order valence-electron chi connectivity index (χ1n) is 4.56. The molecular formula is C11H9Cl2NO3. The summed E-state index contributed by atoms with van der Waals surface area (Å²) in [5.74, 6) is -1.68. The number of hydrogen-bond donors (Lipinski definition) is 2. The maximum absolute atomic E-state index is 11.4. The van der Waals surface area contributed by atoms with Crippen molar-refractivity contribution in [2.45, 2.75) is 6.42 Å². The molecule has 1 rings (SSSR count). The minimum Gasteiger partial charge on any atom is -0.478 e. The molecule has 0 atom stereocenters. The molecule has 1 aromatic rings. The van der Waals surface area contributed by atoms with E-state index in [1.807, 2.05) is 0 Å². The Balaban J connectivity index is 2.65. The SMILES string of the molecule is C=C(CC(=O)Nc1ccc(Cl)c(Cl)c1)C(=O)O. The third-order valence-corrected chi connectivity index (χ3v) is 2.62. The van der Waals surface area contributed by atoms with Crippen LogP contribution in [-0.2, 0) is 9.59 Å². The van der Waals surface area contributed by atoms with Gasteiger partial charge in [-0.15, -0.1) is 0 Å². The van der Waals surface area contributed by atoms with Crippen molar-refractivity contribution in [2.75, 3.05) is 5.32 Å². The third-order valence-electron chi connectivity index (χ3n) is 1.88. The van der Waals surface area contributed by atoms with Crippen LogP contribution >= 0.6 is 23.2 Å². The smallest absolute Gasteiger partial charge is 0.331 e. The second-order valence-electron chi connectivity index (χ2n) is 3.26. The Morgan fingerprint density at radius 2 is 1.94 bits per heavy atom. The quantitative estimate of drug-likeness (QED) is 0.829. The second kappa shape index (κ2) is 5.70. The van der Waals surface area contributed by atoms with Gasteiger partial charge in [0.2, 0.25) is 5.91 Å². The molecule has 0 aliphatic carbocycles. The van der Waals surface area contributed by atoms with E-state index < -0.39 is 11.9 Å². The van der Waals surface area contributed by atoms with Crippen molar-refractivity contribution < 1.29 is 14.7 Å². The van der Waals surface area contributed by atoms with E-state index in [4.69, 9.17) is 28.3 Å². The van der Waals surface area contributed by atoms with E-state index in [-0.39, 0.29) is 12.0 Å². The van der Waals surface area contributed by atoms with Crippen molar-refractivity contribution in [3.8, 4) is 0 Å². The third kappa shape index (κ3) is 4.09. The van der Waals surface area contributed by atoms with Gasteiger partial charge in [0, 0.05) is 11.3 Å². The summed E-state index contributed by atoms with van der Waals surface area (Å²) in [5, 5.41) is 11.7. The summed E-state index contributed by atoms with van der Waals surface area (Å²) in [7, 11) is 0. The number of amides is 1. The van der Waals surface area contributed by atoms with Gasteiger partial charge in [0.15, 0.2) is 0 Å². The molecule has 1 aromatic carbocycles. The molecule has 6 heteroatoms. The molecule has 0 heterocycles. The number of carboxylic acids is 1. The summed E-state index contributed by atoms with van der Waals surface area (Å²) in [4.78, 5) is 21.9. The van der Waals surface area contributed by atoms with Crippen molar-refractivity contribution in [3.05, 3.63) is 40.4 Å². The van der Waals surface area contributed by atoms with E-state index >= 15 is 0 Å². The van der Waals surface area contributed by atoms with Gasteiger partial charge in [-0.1, -0.05) is 29.8 Å². The number of anilines is 1. The molecule has 0 saturated carbocycles. The lowest BCUT2D eigenvalue weighted by Gasteiger charge is -2.06. The van der Waals surface area contributed by atoms with Gasteiger partial charge in [-0.2, -0.15) is 0 Å². The summed E-state index contributed by atoms with van der Waals surface area (Å²) < 4.78 is 0. The Labute approximate surface area is 108 Å². The van der Waals surface area contributed by atoms with Gasteiger partial charge < -0.3 is 10.4 Å². The number of carbonyl (C=O) groups excluding carboxylic acids is 1. The van der Waals surface area contributed by atoms with E-state index in [0.717, 1.165) is 0 Å². The molecule has 0 saturated heterocycles. The number of hydrogen-bond acceptors (Lipinski definition) is 2. The Morgan fingerprint density at radius 1 is 1.29 bits per heavy atom. The van der Waals surface area contributed by atoms with E-state index in [1.165, 1.54) is 12.1 Å². The van der Waals surface area contributed by atoms with Crippen molar-refractivity contribution in [1.82, 2.24) is 0 Å². The molecular weight excluding hydrogens is 265 g/mol. The normalized spacial score (nSPS) is 9.76. The van der Waals surface area contributed by atoms with Crippen LogP contribution in [0.5, 0.6) is 0 Å². The largest absolute Gasteiger partial charge is 0.478 e. The molecule has 0 aliphatic heterocycles. The molecule has 17 heavy (non-hydrogen) atoms. The van der Waals surface area contributed by atoms with Gasteiger partial charge in [0.25, 0.3) is 0 Å². The average Bonchev–Trinajstić information content (AvgIpc) is 2.23. The lowest BCUT2D eigenvalue weighted by Crippen LogP contribution is -2.14. The predicted molar refractivity (Wildman–Crippen MR) is 66.5 cm³/mol. The van der Waals surface area contributed by atoms with Crippen molar-refractivity contribution >= 4 is 40.8 Å². The first-order valence-corrected chi connectivity index (χ1v) is 5.31. The second-order valence-corrected chi connectivity index (χ2v) is 4.08. The molecule has 0 bridgehead atoms. The maximum Gasteiger partial charge on any atom is 0.331 e. The van der Waals surface area contributed by atoms with Crippen LogP contribution in [0, 0.1) is 0 Å². The van der Waals surface area contributed by atoms with Crippen LogP contribution in [0.3, 0.4) is 0 Å². The molecule has 2 N–H and O–H groups in total. The summed E-state index contributed by atoms with van der Waals surface area (Å²) >= 11 is 11.5.